The highest BCUT2D eigenvalue weighted by molar-refractivity contribution is 7.80. The van der Waals surface area contributed by atoms with E-state index in [1.807, 2.05) is 16.8 Å². The molecule has 0 bridgehead atoms. The zero-order valence-electron chi connectivity index (χ0n) is 10.1. The molecule has 2 amide bonds. The van der Waals surface area contributed by atoms with Gasteiger partial charge in [0.25, 0.3) is 0 Å². The molecular formula is C11H21N3OS. The largest absolute Gasteiger partial charge is 0.323 e. The van der Waals surface area contributed by atoms with Crippen LogP contribution >= 0.6 is 12.6 Å². The molecule has 0 aromatic heterocycles. The third-order valence-corrected chi connectivity index (χ3v) is 4.02. The summed E-state index contributed by atoms with van der Waals surface area (Å²) in [7, 11) is 4.09. The third-order valence-electron chi connectivity index (χ3n) is 3.82. The normalized spacial score (nSPS) is 31.8. The quantitative estimate of drug-likeness (QED) is 0.735. The summed E-state index contributed by atoms with van der Waals surface area (Å²) >= 11 is 4.20. The maximum Gasteiger partial charge on any atom is 0.320 e. The molecule has 0 radical (unpaired) electrons. The van der Waals surface area contributed by atoms with Crippen molar-refractivity contribution in [3.63, 3.8) is 0 Å². The Hall–Kier alpha value is -0.420. The van der Waals surface area contributed by atoms with Gasteiger partial charge in [0.2, 0.25) is 0 Å². The molecule has 2 rings (SSSR count). The summed E-state index contributed by atoms with van der Waals surface area (Å²) in [4.78, 5) is 18.2. The number of hydrogen-bond donors (Lipinski definition) is 1. The monoisotopic (exact) mass is 243 g/mol. The Bertz CT molecular complexity index is 274. The van der Waals surface area contributed by atoms with Crippen molar-refractivity contribution in [2.24, 2.45) is 5.92 Å². The second kappa shape index (κ2) is 4.84. The van der Waals surface area contributed by atoms with Gasteiger partial charge in [-0.05, 0) is 25.9 Å². The molecular weight excluding hydrogens is 222 g/mol. The van der Waals surface area contributed by atoms with Gasteiger partial charge in [0.1, 0.15) is 0 Å². The molecule has 92 valence electrons. The molecule has 2 unspecified atom stereocenters. The molecule has 2 aliphatic heterocycles. The van der Waals surface area contributed by atoms with Crippen LogP contribution in [0.4, 0.5) is 4.79 Å². The standard InChI is InChI=1S/C11H21N3OS/c1-12-4-3-9(7-12)10-8-14(5-6-16)11(15)13(10)2/h9-10,16H,3-8H2,1-2H3. The maximum absolute atomic E-state index is 11.9. The SMILES string of the molecule is CN1CCC(C2CN(CCS)C(=O)N2C)C1. The second-order valence-electron chi connectivity index (χ2n) is 4.94. The smallest absolute Gasteiger partial charge is 0.320 e. The number of carbonyl (C=O) groups is 1. The van der Waals surface area contributed by atoms with Crippen molar-refractivity contribution in [2.75, 3.05) is 46.0 Å². The topological polar surface area (TPSA) is 26.8 Å². The van der Waals surface area contributed by atoms with Crippen molar-refractivity contribution in [1.82, 2.24) is 14.7 Å². The summed E-state index contributed by atoms with van der Waals surface area (Å²) in [6.45, 7) is 3.94. The second-order valence-corrected chi connectivity index (χ2v) is 5.39. The molecule has 4 nitrogen and oxygen atoms in total. The highest BCUT2D eigenvalue weighted by Gasteiger charge is 2.40. The highest BCUT2D eigenvalue weighted by Crippen LogP contribution is 2.27. The summed E-state index contributed by atoms with van der Waals surface area (Å²) in [6, 6.07) is 0.575. The summed E-state index contributed by atoms with van der Waals surface area (Å²) in [6.07, 6.45) is 1.22. The zero-order valence-corrected chi connectivity index (χ0v) is 11.0. The van der Waals surface area contributed by atoms with E-state index in [0.717, 1.165) is 31.9 Å². The molecule has 0 aromatic carbocycles. The highest BCUT2D eigenvalue weighted by atomic mass is 32.1. The van der Waals surface area contributed by atoms with Gasteiger partial charge < -0.3 is 14.7 Å². The molecule has 0 aromatic rings. The van der Waals surface area contributed by atoms with Gasteiger partial charge in [-0.1, -0.05) is 0 Å². The van der Waals surface area contributed by atoms with Gasteiger partial charge in [0.15, 0.2) is 0 Å². The number of urea groups is 1. The minimum Gasteiger partial charge on any atom is -0.323 e. The fourth-order valence-electron chi connectivity index (χ4n) is 2.85. The summed E-state index contributed by atoms with van der Waals surface area (Å²) in [5.41, 5.74) is 0. The number of nitrogens with zero attached hydrogens (tertiary/aromatic N) is 3. The van der Waals surface area contributed by atoms with E-state index in [2.05, 4.69) is 24.6 Å². The average Bonchev–Trinajstić information content (AvgIpc) is 2.78. The Labute approximate surface area is 103 Å². The first kappa shape index (κ1) is 12.0. The van der Waals surface area contributed by atoms with Crippen LogP contribution in [0.5, 0.6) is 0 Å². The van der Waals surface area contributed by atoms with Crippen LogP contribution in [0, 0.1) is 5.92 Å². The lowest BCUT2D eigenvalue weighted by Crippen LogP contribution is -2.37. The van der Waals surface area contributed by atoms with E-state index < -0.39 is 0 Å². The Kier molecular flexibility index (Phi) is 3.64. The van der Waals surface area contributed by atoms with Crippen molar-refractivity contribution in [3.8, 4) is 0 Å². The Balaban J connectivity index is 1.98. The van der Waals surface area contributed by atoms with E-state index in [4.69, 9.17) is 0 Å². The predicted molar refractivity (Wildman–Crippen MR) is 68.0 cm³/mol. The lowest BCUT2D eigenvalue weighted by atomic mass is 9.99. The van der Waals surface area contributed by atoms with Crippen molar-refractivity contribution in [3.05, 3.63) is 0 Å². The van der Waals surface area contributed by atoms with E-state index in [0.29, 0.717) is 12.0 Å². The van der Waals surface area contributed by atoms with Crippen molar-refractivity contribution >= 4 is 18.7 Å². The molecule has 5 heteroatoms. The molecule has 16 heavy (non-hydrogen) atoms. The van der Waals surface area contributed by atoms with Gasteiger partial charge in [-0.3, -0.25) is 0 Å². The van der Waals surface area contributed by atoms with Crippen LogP contribution in [0.1, 0.15) is 6.42 Å². The fraction of sp³-hybridized carbons (Fsp3) is 0.909. The number of carbonyl (C=O) groups excluding carboxylic acids is 1. The first-order valence-electron chi connectivity index (χ1n) is 5.94. The number of hydrogen-bond acceptors (Lipinski definition) is 3. The first-order valence-corrected chi connectivity index (χ1v) is 6.58. The molecule has 2 aliphatic rings. The Morgan fingerprint density at radius 1 is 1.38 bits per heavy atom. The van der Waals surface area contributed by atoms with E-state index in [1.165, 1.54) is 6.42 Å². The Morgan fingerprint density at radius 3 is 2.69 bits per heavy atom. The van der Waals surface area contributed by atoms with Crippen molar-refractivity contribution in [2.45, 2.75) is 12.5 Å². The lowest BCUT2D eigenvalue weighted by molar-refractivity contribution is 0.190. The molecule has 0 saturated carbocycles. The van der Waals surface area contributed by atoms with Crippen LogP contribution in [0.3, 0.4) is 0 Å². The average molecular weight is 243 g/mol. The molecule has 2 atom stereocenters. The Morgan fingerprint density at radius 2 is 2.12 bits per heavy atom. The number of likely N-dealkylation sites (N-methyl/N-ethyl adjacent to an activating group) is 1. The fourth-order valence-corrected chi connectivity index (χ4v) is 3.09. The van der Waals surface area contributed by atoms with Gasteiger partial charge in [-0.25, -0.2) is 4.79 Å². The molecule has 0 aliphatic carbocycles. The molecule has 2 saturated heterocycles. The molecule has 2 heterocycles. The number of thiol groups is 1. The van der Waals surface area contributed by atoms with Crippen LogP contribution < -0.4 is 0 Å². The van der Waals surface area contributed by atoms with Crippen molar-refractivity contribution < 1.29 is 4.79 Å². The molecule has 0 spiro atoms. The van der Waals surface area contributed by atoms with Crippen LogP contribution in [0.15, 0.2) is 0 Å². The van der Waals surface area contributed by atoms with Gasteiger partial charge >= 0.3 is 6.03 Å². The third kappa shape index (κ3) is 2.15. The van der Waals surface area contributed by atoms with Crippen LogP contribution in [-0.2, 0) is 0 Å². The molecule has 0 N–H and O–H groups in total. The number of rotatable bonds is 3. The lowest BCUT2D eigenvalue weighted by Gasteiger charge is -2.23. The van der Waals surface area contributed by atoms with Crippen LogP contribution in [-0.4, -0.2) is 72.8 Å². The van der Waals surface area contributed by atoms with Gasteiger partial charge in [-0.15, -0.1) is 0 Å². The van der Waals surface area contributed by atoms with E-state index in [-0.39, 0.29) is 6.03 Å². The van der Waals surface area contributed by atoms with Gasteiger partial charge in [0.05, 0.1) is 6.04 Å². The first-order chi connectivity index (χ1) is 7.63. The summed E-state index contributed by atoms with van der Waals surface area (Å²) in [5.74, 6) is 1.39. The number of amides is 2. The minimum atomic E-state index is 0.175. The van der Waals surface area contributed by atoms with E-state index >= 15 is 0 Å². The summed E-state index contributed by atoms with van der Waals surface area (Å²) < 4.78 is 0. The number of likely N-dealkylation sites (tertiary alicyclic amines) is 1. The van der Waals surface area contributed by atoms with Gasteiger partial charge in [-0.2, -0.15) is 12.6 Å². The zero-order chi connectivity index (χ0) is 11.7. The summed E-state index contributed by atoms with van der Waals surface area (Å²) in [5, 5.41) is 0. The van der Waals surface area contributed by atoms with Crippen LogP contribution in [0.25, 0.3) is 0 Å². The van der Waals surface area contributed by atoms with Gasteiger partial charge in [0, 0.05) is 32.4 Å². The van der Waals surface area contributed by atoms with E-state index in [1.54, 1.807) is 0 Å². The molecule has 2 fully saturated rings. The maximum atomic E-state index is 11.9. The van der Waals surface area contributed by atoms with Crippen LogP contribution in [0.2, 0.25) is 0 Å². The van der Waals surface area contributed by atoms with Crippen molar-refractivity contribution in [1.29, 1.82) is 0 Å². The minimum absolute atomic E-state index is 0.175. The predicted octanol–water partition coefficient (Wildman–Crippen LogP) is 0.604. The van der Waals surface area contributed by atoms with E-state index in [9.17, 15) is 4.79 Å².